The predicted octanol–water partition coefficient (Wildman–Crippen LogP) is 2.36. The fourth-order valence-electron chi connectivity index (χ4n) is 1.69. The van der Waals surface area contributed by atoms with Crippen LogP contribution in [-0.4, -0.2) is 16.7 Å². The Hall–Kier alpha value is -1.68. The second-order valence-corrected chi connectivity index (χ2v) is 4.11. The molecule has 0 spiro atoms. The number of nitrogens with zero attached hydrogens (tertiary/aromatic N) is 2. The molecule has 4 heteroatoms. The molecule has 1 aromatic carbocycles. The van der Waals surface area contributed by atoms with Crippen LogP contribution in [-0.2, 0) is 6.42 Å². The van der Waals surface area contributed by atoms with Crippen molar-refractivity contribution in [3.8, 4) is 11.5 Å². The maximum Gasteiger partial charge on any atom is 0.258 e. The third kappa shape index (κ3) is 2.36. The number of aryl methyl sites for hydroxylation is 1. The van der Waals surface area contributed by atoms with Gasteiger partial charge in [-0.15, -0.1) is 0 Å². The van der Waals surface area contributed by atoms with Crippen molar-refractivity contribution in [3.63, 3.8) is 0 Å². The van der Waals surface area contributed by atoms with Crippen LogP contribution in [0.15, 0.2) is 28.8 Å². The van der Waals surface area contributed by atoms with Gasteiger partial charge in [-0.05, 0) is 18.1 Å². The summed E-state index contributed by atoms with van der Waals surface area (Å²) < 4.78 is 5.30. The lowest BCUT2D eigenvalue weighted by Crippen LogP contribution is -2.10. The van der Waals surface area contributed by atoms with Crippen molar-refractivity contribution in [1.29, 1.82) is 0 Å². The van der Waals surface area contributed by atoms with Gasteiger partial charge in [0, 0.05) is 18.0 Å². The highest BCUT2D eigenvalue weighted by Gasteiger charge is 2.15. The molecule has 0 bridgehead atoms. The Labute approximate surface area is 101 Å². The van der Waals surface area contributed by atoms with E-state index in [0.717, 1.165) is 12.0 Å². The van der Waals surface area contributed by atoms with E-state index in [1.807, 2.05) is 25.1 Å². The molecule has 1 unspecified atom stereocenters. The lowest BCUT2D eigenvalue weighted by molar-refractivity contribution is 0.417. The van der Waals surface area contributed by atoms with E-state index in [1.165, 1.54) is 5.56 Å². The molecular formula is C13H17N3O. The van der Waals surface area contributed by atoms with Gasteiger partial charge >= 0.3 is 0 Å². The van der Waals surface area contributed by atoms with Crippen molar-refractivity contribution in [2.75, 3.05) is 6.54 Å². The molecule has 2 rings (SSSR count). The fourth-order valence-corrected chi connectivity index (χ4v) is 1.69. The molecule has 0 aliphatic rings. The highest BCUT2D eigenvalue weighted by molar-refractivity contribution is 5.58. The summed E-state index contributed by atoms with van der Waals surface area (Å²) in [5, 5.41) is 3.97. The Bertz CT molecular complexity index is 493. The summed E-state index contributed by atoms with van der Waals surface area (Å²) in [5.74, 6) is 1.38. The van der Waals surface area contributed by atoms with Crippen LogP contribution in [0, 0.1) is 0 Å². The van der Waals surface area contributed by atoms with Gasteiger partial charge in [-0.25, -0.2) is 0 Å². The maximum atomic E-state index is 5.59. The molecule has 1 aromatic heterocycles. The third-order valence-electron chi connectivity index (χ3n) is 2.86. The van der Waals surface area contributed by atoms with Crippen molar-refractivity contribution in [3.05, 3.63) is 35.7 Å². The van der Waals surface area contributed by atoms with E-state index in [2.05, 4.69) is 23.1 Å². The zero-order chi connectivity index (χ0) is 12.3. The summed E-state index contributed by atoms with van der Waals surface area (Å²) in [6.45, 7) is 4.62. The molecule has 0 amide bonds. The summed E-state index contributed by atoms with van der Waals surface area (Å²) in [6.07, 6.45) is 0.945. The average molecular weight is 231 g/mol. The molecule has 2 N–H and O–H groups in total. The Kier molecular flexibility index (Phi) is 3.54. The smallest absolute Gasteiger partial charge is 0.258 e. The summed E-state index contributed by atoms with van der Waals surface area (Å²) in [4.78, 5) is 4.40. The lowest BCUT2D eigenvalue weighted by Gasteiger charge is -2.02. The molecule has 0 saturated heterocycles. The maximum absolute atomic E-state index is 5.59. The van der Waals surface area contributed by atoms with Gasteiger partial charge in [0.05, 0.1) is 0 Å². The van der Waals surface area contributed by atoms with E-state index in [0.29, 0.717) is 18.3 Å². The molecule has 4 nitrogen and oxygen atoms in total. The van der Waals surface area contributed by atoms with Crippen molar-refractivity contribution < 1.29 is 4.52 Å². The van der Waals surface area contributed by atoms with Crippen LogP contribution in [0.5, 0.6) is 0 Å². The van der Waals surface area contributed by atoms with Crippen LogP contribution in [0.4, 0.5) is 0 Å². The Balaban J connectivity index is 2.37. The van der Waals surface area contributed by atoms with Crippen LogP contribution in [0.25, 0.3) is 11.5 Å². The van der Waals surface area contributed by atoms with Gasteiger partial charge in [0.2, 0.25) is 0 Å². The van der Waals surface area contributed by atoms with Crippen molar-refractivity contribution in [2.45, 2.75) is 26.2 Å². The first-order valence-corrected chi connectivity index (χ1v) is 5.88. The normalized spacial score (nSPS) is 12.6. The number of hydrogen-bond acceptors (Lipinski definition) is 4. The molecule has 17 heavy (non-hydrogen) atoms. The molecular weight excluding hydrogens is 214 g/mol. The second-order valence-electron chi connectivity index (χ2n) is 4.11. The minimum atomic E-state index is 0.126. The molecule has 0 fully saturated rings. The molecule has 0 saturated carbocycles. The van der Waals surface area contributed by atoms with E-state index in [4.69, 9.17) is 10.3 Å². The van der Waals surface area contributed by atoms with Gasteiger partial charge in [-0.3, -0.25) is 0 Å². The van der Waals surface area contributed by atoms with Crippen LogP contribution in [0.3, 0.4) is 0 Å². The number of aromatic nitrogens is 2. The van der Waals surface area contributed by atoms with Crippen LogP contribution >= 0.6 is 0 Å². The van der Waals surface area contributed by atoms with E-state index < -0.39 is 0 Å². The van der Waals surface area contributed by atoms with Crippen LogP contribution < -0.4 is 5.73 Å². The molecule has 2 aromatic rings. The average Bonchev–Trinajstić information content (AvgIpc) is 2.87. The largest absolute Gasteiger partial charge is 0.334 e. The number of nitrogens with two attached hydrogens (primary N) is 1. The molecule has 1 heterocycles. The van der Waals surface area contributed by atoms with Crippen molar-refractivity contribution in [1.82, 2.24) is 10.1 Å². The fraction of sp³-hybridized carbons (Fsp3) is 0.385. The first kappa shape index (κ1) is 11.8. The van der Waals surface area contributed by atoms with Gasteiger partial charge in [-0.1, -0.05) is 37.2 Å². The van der Waals surface area contributed by atoms with Crippen molar-refractivity contribution in [2.24, 2.45) is 5.73 Å². The molecule has 90 valence electrons. The molecule has 0 aliphatic carbocycles. The molecule has 0 radical (unpaired) electrons. The first-order chi connectivity index (χ1) is 8.26. The summed E-state index contributed by atoms with van der Waals surface area (Å²) in [7, 11) is 0. The van der Waals surface area contributed by atoms with Gasteiger partial charge in [0.25, 0.3) is 5.89 Å². The highest BCUT2D eigenvalue weighted by atomic mass is 16.5. The topological polar surface area (TPSA) is 64.9 Å². The monoisotopic (exact) mass is 231 g/mol. The van der Waals surface area contributed by atoms with E-state index in [-0.39, 0.29) is 5.92 Å². The van der Waals surface area contributed by atoms with E-state index >= 15 is 0 Å². The van der Waals surface area contributed by atoms with Crippen LogP contribution in [0.1, 0.15) is 31.2 Å². The van der Waals surface area contributed by atoms with Gasteiger partial charge in [-0.2, -0.15) is 4.98 Å². The standard InChI is InChI=1S/C13H17N3O/c1-3-10-6-4-5-7-11(10)13-15-12(16-17-13)9(2)8-14/h4-7,9H,3,8,14H2,1-2H3. The number of rotatable bonds is 4. The van der Waals surface area contributed by atoms with Crippen molar-refractivity contribution >= 4 is 0 Å². The van der Waals surface area contributed by atoms with Gasteiger partial charge in [0.1, 0.15) is 0 Å². The lowest BCUT2D eigenvalue weighted by atomic mass is 10.1. The zero-order valence-corrected chi connectivity index (χ0v) is 10.2. The predicted molar refractivity (Wildman–Crippen MR) is 66.6 cm³/mol. The third-order valence-corrected chi connectivity index (χ3v) is 2.86. The number of hydrogen-bond donors (Lipinski definition) is 1. The summed E-state index contributed by atoms with van der Waals surface area (Å²) in [5.41, 5.74) is 7.81. The summed E-state index contributed by atoms with van der Waals surface area (Å²) in [6, 6.07) is 8.07. The van der Waals surface area contributed by atoms with Crippen LogP contribution in [0.2, 0.25) is 0 Å². The Morgan fingerprint density at radius 2 is 2.12 bits per heavy atom. The Morgan fingerprint density at radius 3 is 2.82 bits per heavy atom. The Morgan fingerprint density at radius 1 is 1.35 bits per heavy atom. The van der Waals surface area contributed by atoms with Gasteiger partial charge < -0.3 is 10.3 Å². The molecule has 1 atom stereocenters. The number of benzene rings is 1. The first-order valence-electron chi connectivity index (χ1n) is 5.88. The van der Waals surface area contributed by atoms with E-state index in [9.17, 15) is 0 Å². The minimum absolute atomic E-state index is 0.126. The van der Waals surface area contributed by atoms with Gasteiger partial charge in [0.15, 0.2) is 5.82 Å². The quantitative estimate of drug-likeness (QED) is 0.877. The minimum Gasteiger partial charge on any atom is -0.334 e. The highest BCUT2D eigenvalue weighted by Crippen LogP contribution is 2.23. The zero-order valence-electron chi connectivity index (χ0n) is 10.2. The SMILES string of the molecule is CCc1ccccc1-c1nc(C(C)CN)no1. The molecule has 0 aliphatic heterocycles. The second kappa shape index (κ2) is 5.10. The summed E-state index contributed by atoms with van der Waals surface area (Å²) >= 11 is 0. The van der Waals surface area contributed by atoms with E-state index in [1.54, 1.807) is 0 Å².